The van der Waals surface area contributed by atoms with E-state index in [-0.39, 0.29) is 22.4 Å². The number of anilines is 5. The van der Waals surface area contributed by atoms with Crippen molar-refractivity contribution in [2.24, 2.45) is 14.1 Å². The van der Waals surface area contributed by atoms with Gasteiger partial charge in [-0.25, -0.2) is 0 Å². The number of fused-ring (bicyclic) bond motifs is 2. The third-order valence-corrected chi connectivity index (χ3v) is 7.75. The third kappa shape index (κ3) is 5.72. The fourth-order valence-electron chi connectivity index (χ4n) is 5.00. The molecular weight excluding hydrogens is 586 g/mol. The van der Waals surface area contributed by atoms with Crippen molar-refractivity contribution in [3.8, 4) is 0 Å². The molecule has 7 rings (SSSR count). The molecule has 0 aliphatic heterocycles. The van der Waals surface area contributed by atoms with Crippen molar-refractivity contribution < 1.29 is 5.11 Å². The van der Waals surface area contributed by atoms with E-state index < -0.39 is 6.10 Å². The monoisotopic (exact) mass is 615 g/mol. The number of rotatable bonds is 6. The molecule has 6 aromatic rings. The van der Waals surface area contributed by atoms with Crippen LogP contribution in [-0.4, -0.2) is 56.7 Å². The first-order chi connectivity index (χ1) is 21.3. The number of para-hydroxylation sites is 2. The van der Waals surface area contributed by atoms with Crippen LogP contribution in [0.15, 0.2) is 70.3 Å². The second-order valence-corrected chi connectivity index (χ2v) is 10.7. The molecule has 1 aliphatic rings. The molecule has 2 aromatic carbocycles. The second-order valence-electron chi connectivity index (χ2n) is 10.4. The number of halogens is 1. The minimum absolute atomic E-state index is 0.0867. The molecule has 0 saturated heterocycles. The number of aliphatic hydroxyl groups is 1. The Hall–Kier alpha value is -5.21. The Bertz CT molecular complexity index is 2040. The predicted molar refractivity (Wildman–Crippen MR) is 170 cm³/mol. The maximum absolute atomic E-state index is 12.8. The molecular formula is C29H30ClN11O3. The van der Waals surface area contributed by atoms with Gasteiger partial charge >= 0.3 is 0 Å². The molecule has 14 nitrogen and oxygen atoms in total. The maximum atomic E-state index is 12.8. The quantitative estimate of drug-likeness (QED) is 0.151. The van der Waals surface area contributed by atoms with Gasteiger partial charge in [-0.1, -0.05) is 36.4 Å². The maximum Gasteiger partial charge on any atom is 0.268 e. The molecule has 6 N–H and O–H groups in total. The van der Waals surface area contributed by atoms with Gasteiger partial charge in [0.05, 0.1) is 12.1 Å². The van der Waals surface area contributed by atoms with Gasteiger partial charge in [-0.3, -0.25) is 28.9 Å². The highest BCUT2D eigenvalue weighted by atomic mass is 35.5. The van der Waals surface area contributed by atoms with Crippen molar-refractivity contribution in [2.75, 3.05) is 16.0 Å². The highest BCUT2D eigenvalue weighted by Gasteiger charge is 2.27. The molecule has 15 heteroatoms. The predicted octanol–water partition coefficient (Wildman–Crippen LogP) is 3.78. The number of benzene rings is 2. The average molecular weight is 616 g/mol. The van der Waals surface area contributed by atoms with Crippen LogP contribution in [0.1, 0.15) is 19.3 Å². The number of nitrogens with zero attached hydrogens (tertiary/aromatic N) is 6. The molecule has 0 bridgehead atoms. The van der Waals surface area contributed by atoms with Gasteiger partial charge in [-0.05, 0) is 55.1 Å². The van der Waals surface area contributed by atoms with Crippen LogP contribution in [0.4, 0.5) is 29.0 Å². The SMILES string of the molecule is Cn1c(Cl)nc2n[nH]c(Nc3ccccc3)c2c1=O.Cn1c(N[C@@H]2CCC[C@H]2O)nc2n[nH]c(Nc3ccccc3)c2c1=O. The molecule has 4 heterocycles. The number of aromatic nitrogens is 8. The summed E-state index contributed by atoms with van der Waals surface area (Å²) in [5.41, 5.74) is 1.90. The summed E-state index contributed by atoms with van der Waals surface area (Å²) in [6, 6.07) is 18.9. The first-order valence-corrected chi connectivity index (χ1v) is 14.3. The van der Waals surface area contributed by atoms with Crippen LogP contribution in [0.3, 0.4) is 0 Å². The number of hydrogen-bond donors (Lipinski definition) is 6. The minimum Gasteiger partial charge on any atom is -0.391 e. The van der Waals surface area contributed by atoms with Crippen LogP contribution in [0.2, 0.25) is 5.28 Å². The molecule has 226 valence electrons. The smallest absolute Gasteiger partial charge is 0.268 e. The molecule has 1 fully saturated rings. The topological polar surface area (TPSA) is 183 Å². The molecule has 44 heavy (non-hydrogen) atoms. The molecule has 1 aliphatic carbocycles. The van der Waals surface area contributed by atoms with Gasteiger partial charge in [0.15, 0.2) is 11.3 Å². The van der Waals surface area contributed by atoms with E-state index in [9.17, 15) is 14.7 Å². The van der Waals surface area contributed by atoms with Crippen molar-refractivity contribution in [2.45, 2.75) is 31.4 Å². The van der Waals surface area contributed by atoms with E-state index in [1.807, 2.05) is 60.7 Å². The Labute approximate surface area is 255 Å². The Kier molecular flexibility index (Phi) is 8.00. The third-order valence-electron chi connectivity index (χ3n) is 7.42. The van der Waals surface area contributed by atoms with E-state index in [1.165, 1.54) is 9.13 Å². The number of nitrogens with one attached hydrogen (secondary N) is 5. The lowest BCUT2D eigenvalue weighted by Gasteiger charge is -2.18. The summed E-state index contributed by atoms with van der Waals surface area (Å²) in [6.45, 7) is 0. The van der Waals surface area contributed by atoms with Crippen LogP contribution < -0.4 is 27.1 Å². The Balaban J connectivity index is 0.000000162. The minimum atomic E-state index is -0.415. The van der Waals surface area contributed by atoms with Crippen LogP contribution in [-0.2, 0) is 14.1 Å². The molecule has 4 aromatic heterocycles. The van der Waals surface area contributed by atoms with Crippen molar-refractivity contribution in [1.82, 2.24) is 39.5 Å². The normalized spacial score (nSPS) is 16.1. The van der Waals surface area contributed by atoms with E-state index >= 15 is 0 Å². The van der Waals surface area contributed by atoms with E-state index in [4.69, 9.17) is 11.6 Å². The largest absolute Gasteiger partial charge is 0.391 e. The zero-order valence-corrected chi connectivity index (χ0v) is 24.6. The first kappa shape index (κ1) is 28.9. The molecule has 2 atom stereocenters. The summed E-state index contributed by atoms with van der Waals surface area (Å²) in [5, 5.41) is 34.1. The first-order valence-electron chi connectivity index (χ1n) is 13.9. The molecule has 0 unspecified atom stereocenters. The highest BCUT2D eigenvalue weighted by Crippen LogP contribution is 2.25. The summed E-state index contributed by atoms with van der Waals surface area (Å²) >= 11 is 5.84. The Morgan fingerprint density at radius 2 is 1.32 bits per heavy atom. The van der Waals surface area contributed by atoms with Crippen molar-refractivity contribution >= 4 is 62.6 Å². The summed E-state index contributed by atoms with van der Waals surface area (Å²) in [5.74, 6) is 1.44. The Morgan fingerprint density at radius 3 is 1.84 bits per heavy atom. The van der Waals surface area contributed by atoms with E-state index in [1.54, 1.807) is 14.1 Å². The van der Waals surface area contributed by atoms with Gasteiger partial charge in [0, 0.05) is 25.5 Å². The number of H-pyrrole nitrogens is 2. The van der Waals surface area contributed by atoms with Crippen LogP contribution in [0.25, 0.3) is 22.1 Å². The van der Waals surface area contributed by atoms with E-state index in [0.717, 1.165) is 30.6 Å². The zero-order chi connectivity index (χ0) is 30.8. The van der Waals surface area contributed by atoms with Crippen molar-refractivity contribution in [3.05, 3.63) is 86.7 Å². The van der Waals surface area contributed by atoms with E-state index in [0.29, 0.717) is 39.7 Å². The fourth-order valence-corrected chi connectivity index (χ4v) is 5.16. The number of aliphatic hydroxyl groups excluding tert-OH is 1. The number of hydrogen-bond acceptors (Lipinski definition) is 10. The summed E-state index contributed by atoms with van der Waals surface area (Å²) < 4.78 is 2.73. The standard InChI is InChI=1S/C17H20N6O2.C12H10ClN5O/c1-23-16(25)13-14(18-10-6-3-2-4-7-10)21-22-15(13)20-17(23)19-11-8-5-9-12(11)24;1-18-11(19)8-9(14-7-5-3-2-4-6-7)16-17-10(8)15-12(18)13/h2-4,6-7,11-12,24H,5,8-9H2,1H3,(H3,18,19,20,21,22);2-6H,1H3,(H2,14,16,17)/t11-,12-;/m1./s1. The van der Waals surface area contributed by atoms with Gasteiger partial charge in [0.2, 0.25) is 11.2 Å². The van der Waals surface area contributed by atoms with Gasteiger partial charge in [0.1, 0.15) is 22.4 Å². The second kappa shape index (κ2) is 12.2. The highest BCUT2D eigenvalue weighted by molar-refractivity contribution is 6.28. The molecule has 1 saturated carbocycles. The Morgan fingerprint density at radius 1 is 0.795 bits per heavy atom. The van der Waals surface area contributed by atoms with Gasteiger partial charge in [0.25, 0.3) is 11.1 Å². The zero-order valence-electron chi connectivity index (χ0n) is 23.9. The molecule has 0 spiro atoms. The summed E-state index contributed by atoms with van der Waals surface area (Å²) in [7, 11) is 3.23. The lowest BCUT2D eigenvalue weighted by molar-refractivity contribution is 0.171. The van der Waals surface area contributed by atoms with E-state index in [2.05, 4.69) is 46.3 Å². The lowest BCUT2D eigenvalue weighted by atomic mass is 10.2. The van der Waals surface area contributed by atoms with Gasteiger partial charge in [-0.15, -0.1) is 0 Å². The average Bonchev–Trinajstić information content (AvgIpc) is 3.75. The van der Waals surface area contributed by atoms with Crippen molar-refractivity contribution in [1.29, 1.82) is 0 Å². The number of aromatic amines is 2. The fraction of sp³-hybridized carbons (Fsp3) is 0.241. The molecule has 0 radical (unpaired) electrons. The van der Waals surface area contributed by atoms with Gasteiger partial charge in [-0.2, -0.15) is 20.2 Å². The van der Waals surface area contributed by atoms with Crippen LogP contribution in [0.5, 0.6) is 0 Å². The van der Waals surface area contributed by atoms with Crippen LogP contribution >= 0.6 is 11.6 Å². The van der Waals surface area contributed by atoms with Crippen molar-refractivity contribution in [3.63, 3.8) is 0 Å². The summed E-state index contributed by atoms with van der Waals surface area (Å²) in [4.78, 5) is 33.5. The summed E-state index contributed by atoms with van der Waals surface area (Å²) in [6.07, 6.45) is 2.17. The van der Waals surface area contributed by atoms with Gasteiger partial charge < -0.3 is 21.1 Å². The lowest BCUT2D eigenvalue weighted by Crippen LogP contribution is -2.32. The van der Waals surface area contributed by atoms with Crippen LogP contribution in [0, 0.1) is 0 Å². The molecule has 0 amide bonds.